The fourth-order valence-electron chi connectivity index (χ4n) is 3.39. The van der Waals surface area contributed by atoms with E-state index in [1.807, 2.05) is 0 Å². The molecule has 7 nitrogen and oxygen atoms in total. The summed E-state index contributed by atoms with van der Waals surface area (Å²) in [5.41, 5.74) is 0. The van der Waals surface area contributed by atoms with E-state index < -0.39 is 10.0 Å². The van der Waals surface area contributed by atoms with Crippen molar-refractivity contribution in [1.29, 1.82) is 0 Å². The second kappa shape index (κ2) is 8.14. The Balaban J connectivity index is 1.45. The zero-order chi connectivity index (χ0) is 19.6. The van der Waals surface area contributed by atoms with Crippen molar-refractivity contribution in [3.8, 4) is 17.4 Å². The predicted octanol–water partition coefficient (Wildman–Crippen LogP) is 2.99. The highest BCUT2D eigenvalue weighted by molar-refractivity contribution is 7.89. The molecule has 2 aliphatic heterocycles. The van der Waals surface area contributed by atoms with Crippen LogP contribution in [0.15, 0.2) is 41.4 Å². The molecule has 0 radical (unpaired) electrons. The molecular formula is C19H21ClN2O5S. The lowest BCUT2D eigenvalue weighted by Crippen LogP contribution is -2.41. The molecule has 1 aromatic heterocycles. The van der Waals surface area contributed by atoms with Gasteiger partial charge in [-0.1, -0.05) is 11.6 Å². The van der Waals surface area contributed by atoms with Crippen molar-refractivity contribution in [3.05, 3.63) is 41.6 Å². The van der Waals surface area contributed by atoms with Crippen LogP contribution in [0.4, 0.5) is 0 Å². The first-order chi connectivity index (χ1) is 13.5. The van der Waals surface area contributed by atoms with E-state index >= 15 is 0 Å². The first kappa shape index (κ1) is 19.3. The molecule has 0 bridgehead atoms. The highest BCUT2D eigenvalue weighted by Crippen LogP contribution is 2.34. The molecule has 0 spiro atoms. The van der Waals surface area contributed by atoms with Gasteiger partial charge in [-0.15, -0.1) is 0 Å². The average Bonchev–Trinajstić information content (AvgIpc) is 2.73. The summed E-state index contributed by atoms with van der Waals surface area (Å²) in [4.78, 5) is 4.32. The Kier molecular flexibility index (Phi) is 5.61. The van der Waals surface area contributed by atoms with Gasteiger partial charge in [-0.25, -0.2) is 13.4 Å². The highest BCUT2D eigenvalue weighted by atomic mass is 35.5. The van der Waals surface area contributed by atoms with Crippen LogP contribution < -0.4 is 14.2 Å². The number of aromatic nitrogens is 1. The zero-order valence-corrected chi connectivity index (χ0v) is 16.8. The summed E-state index contributed by atoms with van der Waals surface area (Å²) in [7, 11) is -3.62. The lowest BCUT2D eigenvalue weighted by molar-refractivity contribution is 0.170. The van der Waals surface area contributed by atoms with Crippen LogP contribution in [0.1, 0.15) is 12.8 Å². The number of benzene rings is 1. The van der Waals surface area contributed by atoms with Gasteiger partial charge in [0.1, 0.15) is 18.2 Å². The number of ether oxygens (including phenoxy) is 3. The van der Waals surface area contributed by atoms with Crippen LogP contribution in [0.3, 0.4) is 0 Å². The number of piperidine rings is 1. The van der Waals surface area contributed by atoms with Crippen molar-refractivity contribution in [2.24, 2.45) is 5.92 Å². The van der Waals surface area contributed by atoms with Crippen LogP contribution in [0.25, 0.3) is 0 Å². The Labute approximate surface area is 169 Å². The monoisotopic (exact) mass is 424 g/mol. The van der Waals surface area contributed by atoms with Crippen LogP contribution >= 0.6 is 11.6 Å². The Morgan fingerprint density at radius 2 is 2.04 bits per heavy atom. The normalized spacial score (nSPS) is 20.0. The van der Waals surface area contributed by atoms with Crippen molar-refractivity contribution >= 4 is 21.6 Å². The number of fused-ring (bicyclic) bond motifs is 1. The highest BCUT2D eigenvalue weighted by Gasteiger charge is 2.31. The smallest absolute Gasteiger partial charge is 0.243 e. The molecule has 9 heteroatoms. The number of rotatable bonds is 5. The van der Waals surface area contributed by atoms with Crippen LogP contribution in [0.5, 0.6) is 17.4 Å². The summed E-state index contributed by atoms with van der Waals surface area (Å²) >= 11 is 6.07. The number of sulfonamides is 1. The van der Waals surface area contributed by atoms with Crippen molar-refractivity contribution in [2.45, 2.75) is 17.7 Å². The van der Waals surface area contributed by atoms with Gasteiger partial charge >= 0.3 is 0 Å². The van der Waals surface area contributed by atoms with E-state index in [4.69, 9.17) is 25.8 Å². The number of pyridine rings is 1. The SMILES string of the molecule is O=S(=O)(c1ccc2c(c1)OCCO2)N1CCCC(COc2ncccc2Cl)C1. The Morgan fingerprint density at radius 3 is 2.86 bits per heavy atom. The van der Waals surface area contributed by atoms with E-state index in [0.29, 0.717) is 55.3 Å². The molecule has 0 aliphatic carbocycles. The minimum atomic E-state index is -3.62. The number of hydrogen-bond acceptors (Lipinski definition) is 6. The molecule has 1 aromatic carbocycles. The first-order valence-electron chi connectivity index (χ1n) is 9.17. The summed E-state index contributed by atoms with van der Waals surface area (Å²) in [5, 5.41) is 0.444. The molecule has 4 rings (SSSR count). The van der Waals surface area contributed by atoms with Crippen LogP contribution in [0, 0.1) is 5.92 Å². The van der Waals surface area contributed by atoms with E-state index in [2.05, 4.69) is 4.98 Å². The van der Waals surface area contributed by atoms with Crippen molar-refractivity contribution < 1.29 is 22.6 Å². The molecule has 1 atom stereocenters. The van der Waals surface area contributed by atoms with Crippen LogP contribution in [-0.4, -0.2) is 50.6 Å². The molecule has 1 unspecified atom stereocenters. The molecule has 0 saturated carbocycles. The zero-order valence-electron chi connectivity index (χ0n) is 15.2. The van der Waals surface area contributed by atoms with E-state index in [1.54, 1.807) is 30.5 Å². The summed E-state index contributed by atoms with van der Waals surface area (Å²) in [6.45, 7) is 2.12. The molecule has 2 aliphatic rings. The van der Waals surface area contributed by atoms with E-state index in [0.717, 1.165) is 12.8 Å². The van der Waals surface area contributed by atoms with Gasteiger partial charge in [0.05, 0.1) is 11.5 Å². The third-order valence-corrected chi connectivity index (χ3v) is 6.96. The molecule has 0 N–H and O–H groups in total. The summed E-state index contributed by atoms with van der Waals surface area (Å²) in [6.07, 6.45) is 3.27. The summed E-state index contributed by atoms with van der Waals surface area (Å²) < 4.78 is 44.4. The Bertz CT molecular complexity index is 953. The van der Waals surface area contributed by atoms with Crippen molar-refractivity contribution in [2.75, 3.05) is 32.9 Å². The van der Waals surface area contributed by atoms with Gasteiger partial charge in [0.15, 0.2) is 11.5 Å². The van der Waals surface area contributed by atoms with Gasteiger partial charge in [-0.05, 0) is 37.1 Å². The number of halogens is 1. The Hall–Kier alpha value is -2.03. The molecule has 150 valence electrons. The quantitative estimate of drug-likeness (QED) is 0.734. The maximum atomic E-state index is 13.1. The fraction of sp³-hybridized carbons (Fsp3) is 0.421. The lowest BCUT2D eigenvalue weighted by Gasteiger charge is -2.32. The fourth-order valence-corrected chi connectivity index (χ4v) is 5.14. The van der Waals surface area contributed by atoms with Crippen LogP contribution in [-0.2, 0) is 10.0 Å². The standard InChI is InChI=1S/C19H21ClN2O5S/c20-16-4-1-7-21-19(16)27-13-14-3-2-8-22(12-14)28(23,24)15-5-6-17-18(11-15)26-10-9-25-17/h1,4-7,11,14H,2-3,8-10,12-13H2. The molecule has 1 fully saturated rings. The molecule has 28 heavy (non-hydrogen) atoms. The first-order valence-corrected chi connectivity index (χ1v) is 11.0. The van der Waals surface area contributed by atoms with Gasteiger partial charge in [-0.2, -0.15) is 4.31 Å². The molecule has 2 aromatic rings. The van der Waals surface area contributed by atoms with Crippen LogP contribution in [0.2, 0.25) is 5.02 Å². The van der Waals surface area contributed by atoms with E-state index in [-0.39, 0.29) is 10.8 Å². The van der Waals surface area contributed by atoms with Gasteiger partial charge in [0.25, 0.3) is 0 Å². The topological polar surface area (TPSA) is 78.0 Å². The van der Waals surface area contributed by atoms with Gasteiger partial charge < -0.3 is 14.2 Å². The molecule has 0 amide bonds. The second-order valence-electron chi connectivity index (χ2n) is 6.78. The average molecular weight is 425 g/mol. The Morgan fingerprint density at radius 1 is 1.21 bits per heavy atom. The maximum Gasteiger partial charge on any atom is 0.243 e. The predicted molar refractivity (Wildman–Crippen MR) is 104 cm³/mol. The molecule has 1 saturated heterocycles. The summed E-state index contributed by atoms with van der Waals surface area (Å²) in [6, 6.07) is 8.20. The maximum absolute atomic E-state index is 13.1. The van der Waals surface area contributed by atoms with Crippen molar-refractivity contribution in [3.63, 3.8) is 0 Å². The third kappa shape index (κ3) is 4.04. The van der Waals surface area contributed by atoms with E-state index in [1.165, 1.54) is 10.4 Å². The molecular weight excluding hydrogens is 404 g/mol. The van der Waals surface area contributed by atoms with E-state index in [9.17, 15) is 8.42 Å². The second-order valence-corrected chi connectivity index (χ2v) is 9.12. The minimum Gasteiger partial charge on any atom is -0.486 e. The van der Waals surface area contributed by atoms with Gasteiger partial charge in [-0.3, -0.25) is 0 Å². The lowest BCUT2D eigenvalue weighted by atomic mass is 10.0. The number of hydrogen-bond donors (Lipinski definition) is 0. The largest absolute Gasteiger partial charge is 0.486 e. The number of nitrogens with zero attached hydrogens (tertiary/aromatic N) is 2. The van der Waals surface area contributed by atoms with Gasteiger partial charge in [0, 0.05) is 31.3 Å². The van der Waals surface area contributed by atoms with Gasteiger partial charge in [0.2, 0.25) is 15.9 Å². The summed E-state index contributed by atoms with van der Waals surface area (Å²) in [5.74, 6) is 1.48. The molecule has 3 heterocycles. The third-order valence-electron chi connectivity index (χ3n) is 4.81. The van der Waals surface area contributed by atoms with Crippen molar-refractivity contribution in [1.82, 2.24) is 9.29 Å². The minimum absolute atomic E-state index is 0.0683.